The first-order valence-electron chi connectivity index (χ1n) is 8.49. The Morgan fingerprint density at radius 1 is 1.04 bits per heavy atom. The lowest BCUT2D eigenvalue weighted by molar-refractivity contribution is 0.184. The van der Waals surface area contributed by atoms with Gasteiger partial charge in [0.25, 0.3) is 0 Å². The maximum Gasteiger partial charge on any atom is 0.329 e. The van der Waals surface area contributed by atoms with Gasteiger partial charge in [-0.15, -0.1) is 10.2 Å². The Morgan fingerprint density at radius 2 is 1.69 bits per heavy atom. The van der Waals surface area contributed by atoms with Crippen LogP contribution in [0.4, 0.5) is 16.2 Å². The smallest absolute Gasteiger partial charge is 0.321 e. The van der Waals surface area contributed by atoms with E-state index in [9.17, 15) is 4.79 Å². The average molecular weight is 349 g/mol. The van der Waals surface area contributed by atoms with Crippen LogP contribution >= 0.6 is 0 Å². The number of para-hydroxylation sites is 2. The molecule has 2 N–H and O–H groups in total. The Morgan fingerprint density at radius 3 is 2.27 bits per heavy atom. The summed E-state index contributed by atoms with van der Waals surface area (Å²) in [5, 5.41) is 17.5. The van der Waals surface area contributed by atoms with Gasteiger partial charge in [-0.3, -0.25) is 4.90 Å². The molecule has 3 aromatic rings. The van der Waals surface area contributed by atoms with Crippen molar-refractivity contribution in [3.63, 3.8) is 0 Å². The molecule has 132 valence electrons. The zero-order chi connectivity index (χ0) is 17.8. The van der Waals surface area contributed by atoms with Crippen molar-refractivity contribution in [3.05, 3.63) is 66.5 Å². The number of anilines is 2. The second kappa shape index (κ2) is 7.32. The number of carbonyl (C=O) groups excluding carboxylic acids is 1. The van der Waals surface area contributed by atoms with Gasteiger partial charge >= 0.3 is 6.03 Å². The first-order chi connectivity index (χ1) is 12.8. The molecule has 2 aromatic carbocycles. The van der Waals surface area contributed by atoms with E-state index >= 15 is 0 Å². The standard InChI is InChI=1S/C18H19N7O/c26-18(24-12-11-19-16(13-24)17-20-22-23-21-17)25(14-7-3-1-4-8-14)15-9-5-2-6-10-15/h1-10,16,19H,11-13H2,(H,20,21,22,23). The van der Waals surface area contributed by atoms with E-state index in [1.54, 1.807) is 4.90 Å². The number of nitrogens with zero attached hydrogens (tertiary/aromatic N) is 5. The highest BCUT2D eigenvalue weighted by atomic mass is 16.2. The summed E-state index contributed by atoms with van der Waals surface area (Å²) in [6, 6.07) is 19.1. The third-order valence-corrected chi connectivity index (χ3v) is 4.34. The Bertz CT molecular complexity index is 799. The quantitative estimate of drug-likeness (QED) is 0.756. The Hall–Kier alpha value is -3.26. The number of tetrazole rings is 1. The van der Waals surface area contributed by atoms with Crippen molar-refractivity contribution in [1.82, 2.24) is 30.8 Å². The lowest BCUT2D eigenvalue weighted by atomic mass is 10.2. The van der Waals surface area contributed by atoms with Crippen molar-refractivity contribution in [2.24, 2.45) is 0 Å². The first-order valence-corrected chi connectivity index (χ1v) is 8.49. The van der Waals surface area contributed by atoms with E-state index in [2.05, 4.69) is 25.9 Å². The topological polar surface area (TPSA) is 90.0 Å². The molecule has 1 unspecified atom stereocenters. The molecule has 0 spiro atoms. The maximum atomic E-state index is 13.4. The number of aromatic amines is 1. The van der Waals surface area contributed by atoms with Gasteiger partial charge in [-0.05, 0) is 24.3 Å². The van der Waals surface area contributed by atoms with Crippen LogP contribution in [0.2, 0.25) is 0 Å². The van der Waals surface area contributed by atoms with Gasteiger partial charge < -0.3 is 10.2 Å². The number of aromatic nitrogens is 4. The first kappa shape index (κ1) is 16.2. The van der Waals surface area contributed by atoms with Crippen LogP contribution in [0.5, 0.6) is 0 Å². The van der Waals surface area contributed by atoms with E-state index in [-0.39, 0.29) is 12.1 Å². The summed E-state index contributed by atoms with van der Waals surface area (Å²) in [5.41, 5.74) is 1.66. The molecular weight excluding hydrogens is 330 g/mol. The van der Waals surface area contributed by atoms with Gasteiger partial charge in [0.1, 0.15) is 0 Å². The number of hydrogen-bond acceptors (Lipinski definition) is 5. The lowest BCUT2D eigenvalue weighted by Gasteiger charge is -2.36. The van der Waals surface area contributed by atoms with Gasteiger partial charge in [-0.25, -0.2) is 4.79 Å². The van der Waals surface area contributed by atoms with Gasteiger partial charge in [-0.2, -0.15) is 5.21 Å². The number of urea groups is 1. The molecule has 1 aromatic heterocycles. The van der Waals surface area contributed by atoms with Crippen molar-refractivity contribution in [2.75, 3.05) is 24.5 Å². The molecule has 1 fully saturated rings. The molecule has 8 heteroatoms. The van der Waals surface area contributed by atoms with Crippen molar-refractivity contribution < 1.29 is 4.79 Å². The van der Waals surface area contributed by atoms with Crippen LogP contribution in [0.25, 0.3) is 0 Å². The number of nitrogens with one attached hydrogen (secondary N) is 2. The summed E-state index contributed by atoms with van der Waals surface area (Å²) in [7, 11) is 0. The van der Waals surface area contributed by atoms with E-state index in [0.717, 1.165) is 11.4 Å². The Labute approximate surface area is 150 Å². The summed E-state index contributed by atoms with van der Waals surface area (Å²) >= 11 is 0. The molecule has 0 aliphatic carbocycles. The van der Waals surface area contributed by atoms with E-state index in [0.29, 0.717) is 25.5 Å². The normalized spacial score (nSPS) is 17.1. The van der Waals surface area contributed by atoms with E-state index in [4.69, 9.17) is 0 Å². The molecule has 1 aliphatic heterocycles. The molecule has 0 saturated carbocycles. The second-order valence-electron chi connectivity index (χ2n) is 6.01. The maximum absolute atomic E-state index is 13.4. The monoisotopic (exact) mass is 349 g/mol. The van der Waals surface area contributed by atoms with Gasteiger partial charge in [0.15, 0.2) is 5.82 Å². The van der Waals surface area contributed by atoms with Gasteiger partial charge in [0.05, 0.1) is 17.4 Å². The highest BCUT2D eigenvalue weighted by Gasteiger charge is 2.30. The zero-order valence-corrected chi connectivity index (χ0v) is 14.1. The van der Waals surface area contributed by atoms with E-state index in [1.165, 1.54) is 0 Å². The van der Waals surface area contributed by atoms with E-state index in [1.807, 2.05) is 65.6 Å². The van der Waals surface area contributed by atoms with Crippen molar-refractivity contribution in [2.45, 2.75) is 6.04 Å². The van der Waals surface area contributed by atoms with Crippen molar-refractivity contribution >= 4 is 17.4 Å². The second-order valence-corrected chi connectivity index (χ2v) is 6.01. The minimum atomic E-state index is -0.139. The molecule has 1 aliphatic rings. The largest absolute Gasteiger partial charge is 0.329 e. The molecule has 2 amide bonds. The molecule has 1 atom stereocenters. The number of benzene rings is 2. The number of hydrogen-bond donors (Lipinski definition) is 2. The third kappa shape index (κ3) is 3.27. The molecule has 8 nitrogen and oxygen atoms in total. The Kier molecular flexibility index (Phi) is 4.57. The minimum Gasteiger partial charge on any atom is -0.321 e. The molecule has 0 radical (unpaired) electrons. The van der Waals surface area contributed by atoms with Crippen LogP contribution in [0.15, 0.2) is 60.7 Å². The number of piperazine rings is 1. The predicted molar refractivity (Wildman–Crippen MR) is 96.9 cm³/mol. The number of rotatable bonds is 3. The highest BCUT2D eigenvalue weighted by molar-refractivity contribution is 5.99. The molecule has 26 heavy (non-hydrogen) atoms. The fourth-order valence-corrected chi connectivity index (χ4v) is 3.08. The van der Waals surface area contributed by atoms with Crippen LogP contribution in [0.3, 0.4) is 0 Å². The average Bonchev–Trinajstić information content (AvgIpc) is 3.25. The van der Waals surface area contributed by atoms with Gasteiger partial charge in [-0.1, -0.05) is 41.6 Å². The van der Waals surface area contributed by atoms with E-state index < -0.39 is 0 Å². The summed E-state index contributed by atoms with van der Waals surface area (Å²) in [6.45, 7) is 1.76. The molecule has 0 bridgehead atoms. The van der Waals surface area contributed by atoms with Gasteiger partial charge in [0.2, 0.25) is 0 Å². The SMILES string of the molecule is O=C(N1CCNC(c2nn[nH]n2)C1)N(c1ccccc1)c1ccccc1. The summed E-state index contributed by atoms with van der Waals surface area (Å²) in [6.07, 6.45) is 0. The van der Waals surface area contributed by atoms with Crippen LogP contribution in [0.1, 0.15) is 11.9 Å². The minimum absolute atomic E-state index is 0.0719. The summed E-state index contributed by atoms with van der Waals surface area (Å²) in [5.74, 6) is 0.563. The molecular formula is C18H19N7O. The molecule has 2 heterocycles. The zero-order valence-electron chi connectivity index (χ0n) is 14.1. The summed E-state index contributed by atoms with van der Waals surface area (Å²) < 4.78 is 0. The van der Waals surface area contributed by atoms with Gasteiger partial charge in [0, 0.05) is 19.6 Å². The van der Waals surface area contributed by atoms with Crippen LogP contribution in [-0.2, 0) is 0 Å². The van der Waals surface area contributed by atoms with Crippen LogP contribution in [0, 0.1) is 0 Å². The number of amides is 2. The third-order valence-electron chi connectivity index (χ3n) is 4.34. The highest BCUT2D eigenvalue weighted by Crippen LogP contribution is 2.27. The fourth-order valence-electron chi connectivity index (χ4n) is 3.08. The van der Waals surface area contributed by atoms with Crippen LogP contribution < -0.4 is 10.2 Å². The Balaban J connectivity index is 1.62. The number of H-pyrrole nitrogens is 1. The van der Waals surface area contributed by atoms with Crippen LogP contribution in [-0.4, -0.2) is 51.2 Å². The lowest BCUT2D eigenvalue weighted by Crippen LogP contribution is -2.52. The summed E-state index contributed by atoms with van der Waals surface area (Å²) in [4.78, 5) is 16.9. The number of carbonyl (C=O) groups is 1. The molecule has 4 rings (SSSR count). The molecule has 1 saturated heterocycles. The predicted octanol–water partition coefficient (Wildman–Crippen LogP) is 2.10. The van der Waals surface area contributed by atoms with Crippen molar-refractivity contribution in [3.8, 4) is 0 Å². The van der Waals surface area contributed by atoms with Crippen molar-refractivity contribution in [1.29, 1.82) is 0 Å². The fraction of sp³-hybridized carbons (Fsp3) is 0.222.